The van der Waals surface area contributed by atoms with Gasteiger partial charge in [0.15, 0.2) is 12.4 Å². The van der Waals surface area contributed by atoms with Crippen LogP contribution in [-0.2, 0) is 4.79 Å². The van der Waals surface area contributed by atoms with Crippen LogP contribution in [0.3, 0.4) is 0 Å². The summed E-state index contributed by atoms with van der Waals surface area (Å²) in [6.45, 7) is 5.57. The summed E-state index contributed by atoms with van der Waals surface area (Å²) in [7, 11) is 0. The summed E-state index contributed by atoms with van der Waals surface area (Å²) in [5.74, 6) is -0.261. The quantitative estimate of drug-likeness (QED) is 0.461. The van der Waals surface area contributed by atoms with Crippen molar-refractivity contribution in [2.24, 2.45) is 0 Å². The van der Waals surface area contributed by atoms with Gasteiger partial charge in [-0.05, 0) is 36.1 Å². The minimum absolute atomic E-state index is 0.0652. The molecule has 0 bridgehead atoms. The smallest absolute Gasteiger partial charge is 0.311 e. The van der Waals surface area contributed by atoms with Crippen molar-refractivity contribution in [3.05, 3.63) is 63.2 Å². The lowest BCUT2D eigenvalue weighted by molar-refractivity contribution is -0.385. The Morgan fingerprint density at radius 3 is 2.65 bits per heavy atom. The molecule has 0 aliphatic rings. The van der Waals surface area contributed by atoms with Crippen LogP contribution in [0.5, 0.6) is 5.75 Å². The Kier molecular flexibility index (Phi) is 6.06. The fourth-order valence-corrected chi connectivity index (χ4v) is 2.53. The number of aryl methyl sites for hydroxylation is 1. The number of anilines is 1. The Bertz CT molecular complexity index is 846. The first-order valence-electron chi connectivity index (χ1n) is 8.09. The van der Waals surface area contributed by atoms with Crippen LogP contribution in [0.1, 0.15) is 41.3 Å². The molecule has 0 atom stereocenters. The van der Waals surface area contributed by atoms with Crippen LogP contribution < -0.4 is 10.1 Å². The number of hydrogen-bond acceptors (Lipinski definition) is 5. The molecule has 0 saturated heterocycles. The summed E-state index contributed by atoms with van der Waals surface area (Å²) in [5, 5.41) is 13.9. The van der Waals surface area contributed by atoms with E-state index in [1.807, 2.05) is 39.0 Å². The van der Waals surface area contributed by atoms with Crippen molar-refractivity contribution in [2.45, 2.75) is 26.7 Å². The first kappa shape index (κ1) is 19.1. The van der Waals surface area contributed by atoms with E-state index in [1.165, 1.54) is 12.1 Å². The summed E-state index contributed by atoms with van der Waals surface area (Å²) >= 11 is 0. The summed E-state index contributed by atoms with van der Waals surface area (Å²) in [6, 6.07) is 9.57. The Labute approximate surface area is 151 Å². The monoisotopic (exact) mass is 356 g/mol. The van der Waals surface area contributed by atoms with E-state index < -0.39 is 10.8 Å². The Morgan fingerprint density at radius 1 is 1.31 bits per heavy atom. The lowest BCUT2D eigenvalue weighted by Crippen LogP contribution is -2.22. The minimum Gasteiger partial charge on any atom is -0.477 e. The normalized spacial score (nSPS) is 10.5. The fraction of sp³-hybridized carbons (Fsp3) is 0.263. The number of aldehydes is 1. The maximum absolute atomic E-state index is 12.3. The van der Waals surface area contributed by atoms with Crippen molar-refractivity contribution in [1.82, 2.24) is 0 Å². The highest BCUT2D eigenvalue weighted by Gasteiger charge is 2.18. The van der Waals surface area contributed by atoms with Crippen LogP contribution in [0.4, 0.5) is 11.4 Å². The molecular formula is C19H20N2O5. The summed E-state index contributed by atoms with van der Waals surface area (Å²) < 4.78 is 5.30. The van der Waals surface area contributed by atoms with Crippen molar-refractivity contribution in [1.29, 1.82) is 0 Å². The standard InChI is InChI=1S/C19H20N2O5/c1-12(2)15-6-4-5-13(3)19(15)20-18(23)11-26-17-8-7-14(10-22)9-16(17)21(24)25/h4-10,12H,11H2,1-3H3,(H,20,23). The highest BCUT2D eigenvalue weighted by Crippen LogP contribution is 2.29. The number of amides is 1. The molecule has 0 radical (unpaired) electrons. The largest absolute Gasteiger partial charge is 0.477 e. The molecule has 26 heavy (non-hydrogen) atoms. The molecule has 7 heteroatoms. The van der Waals surface area contributed by atoms with Crippen molar-refractivity contribution in [3.8, 4) is 5.75 Å². The molecule has 1 N–H and O–H groups in total. The molecule has 2 aromatic carbocycles. The van der Waals surface area contributed by atoms with E-state index in [0.29, 0.717) is 6.29 Å². The van der Waals surface area contributed by atoms with Gasteiger partial charge in [0.25, 0.3) is 5.91 Å². The summed E-state index contributed by atoms with van der Waals surface area (Å²) in [5.41, 5.74) is 2.45. The van der Waals surface area contributed by atoms with E-state index in [9.17, 15) is 19.7 Å². The van der Waals surface area contributed by atoms with E-state index in [0.717, 1.165) is 22.9 Å². The molecule has 0 unspecified atom stereocenters. The average Bonchev–Trinajstić information content (AvgIpc) is 2.61. The minimum atomic E-state index is -0.654. The van der Waals surface area contributed by atoms with Crippen LogP contribution in [0.2, 0.25) is 0 Å². The molecule has 2 rings (SSSR count). The van der Waals surface area contributed by atoms with Crippen molar-refractivity contribution < 1.29 is 19.2 Å². The SMILES string of the molecule is Cc1cccc(C(C)C)c1NC(=O)COc1ccc(C=O)cc1[N+](=O)[O-]. The molecular weight excluding hydrogens is 336 g/mol. The first-order valence-corrected chi connectivity index (χ1v) is 8.09. The van der Waals surface area contributed by atoms with Crippen molar-refractivity contribution >= 4 is 23.6 Å². The molecule has 136 valence electrons. The number of para-hydroxylation sites is 1. The average molecular weight is 356 g/mol. The van der Waals surface area contributed by atoms with E-state index >= 15 is 0 Å². The van der Waals surface area contributed by atoms with Gasteiger partial charge in [-0.15, -0.1) is 0 Å². The van der Waals surface area contributed by atoms with Crippen LogP contribution in [0, 0.1) is 17.0 Å². The van der Waals surface area contributed by atoms with E-state index in [2.05, 4.69) is 5.32 Å². The zero-order valence-electron chi connectivity index (χ0n) is 14.8. The second kappa shape index (κ2) is 8.24. The number of nitrogens with zero attached hydrogens (tertiary/aromatic N) is 1. The second-order valence-electron chi connectivity index (χ2n) is 6.13. The predicted molar refractivity (Wildman–Crippen MR) is 97.9 cm³/mol. The van der Waals surface area contributed by atoms with Gasteiger partial charge in [0, 0.05) is 17.3 Å². The maximum atomic E-state index is 12.3. The second-order valence-corrected chi connectivity index (χ2v) is 6.13. The molecule has 0 saturated carbocycles. The third-order valence-electron chi connectivity index (χ3n) is 3.87. The van der Waals surface area contributed by atoms with Gasteiger partial charge in [0.2, 0.25) is 0 Å². The van der Waals surface area contributed by atoms with E-state index in [4.69, 9.17) is 4.74 Å². The first-order chi connectivity index (χ1) is 12.3. The van der Waals surface area contributed by atoms with Crippen LogP contribution in [-0.4, -0.2) is 23.7 Å². The van der Waals surface area contributed by atoms with Crippen molar-refractivity contribution in [2.75, 3.05) is 11.9 Å². The van der Waals surface area contributed by atoms with Gasteiger partial charge in [0.1, 0.15) is 6.29 Å². The number of benzene rings is 2. The highest BCUT2D eigenvalue weighted by atomic mass is 16.6. The van der Waals surface area contributed by atoms with Gasteiger partial charge in [-0.2, -0.15) is 0 Å². The number of rotatable bonds is 7. The zero-order valence-corrected chi connectivity index (χ0v) is 14.8. The summed E-state index contributed by atoms with van der Waals surface area (Å²) in [6.07, 6.45) is 0.509. The van der Waals surface area contributed by atoms with Gasteiger partial charge in [-0.3, -0.25) is 19.7 Å². The number of ether oxygens (including phenoxy) is 1. The maximum Gasteiger partial charge on any atom is 0.311 e. The lowest BCUT2D eigenvalue weighted by Gasteiger charge is -2.16. The van der Waals surface area contributed by atoms with Crippen molar-refractivity contribution in [3.63, 3.8) is 0 Å². The fourth-order valence-electron chi connectivity index (χ4n) is 2.53. The number of nitrogens with one attached hydrogen (secondary N) is 1. The summed E-state index contributed by atoms with van der Waals surface area (Å²) in [4.78, 5) is 33.5. The molecule has 1 amide bonds. The number of carbonyl (C=O) groups is 2. The van der Waals surface area contributed by atoms with Crippen LogP contribution in [0.15, 0.2) is 36.4 Å². The van der Waals surface area contributed by atoms with Gasteiger partial charge in [-0.1, -0.05) is 32.0 Å². The topological polar surface area (TPSA) is 98.5 Å². The molecule has 0 fully saturated rings. The molecule has 0 heterocycles. The zero-order chi connectivity index (χ0) is 19.3. The van der Waals surface area contributed by atoms with E-state index in [-0.39, 0.29) is 29.5 Å². The van der Waals surface area contributed by atoms with Gasteiger partial charge in [-0.25, -0.2) is 0 Å². The van der Waals surface area contributed by atoms with Gasteiger partial charge >= 0.3 is 5.69 Å². The van der Waals surface area contributed by atoms with Crippen LogP contribution >= 0.6 is 0 Å². The third-order valence-corrected chi connectivity index (χ3v) is 3.87. The Balaban J connectivity index is 2.13. The lowest BCUT2D eigenvalue weighted by atomic mass is 9.98. The third kappa shape index (κ3) is 4.44. The number of nitro benzene ring substituents is 1. The van der Waals surface area contributed by atoms with Gasteiger partial charge < -0.3 is 10.1 Å². The van der Waals surface area contributed by atoms with E-state index in [1.54, 1.807) is 0 Å². The van der Waals surface area contributed by atoms with Crippen LogP contribution in [0.25, 0.3) is 0 Å². The molecule has 0 aromatic heterocycles. The van der Waals surface area contributed by atoms with Gasteiger partial charge in [0.05, 0.1) is 4.92 Å². The Hall–Kier alpha value is -3.22. The molecule has 0 aliphatic carbocycles. The Morgan fingerprint density at radius 2 is 2.04 bits per heavy atom. The highest BCUT2D eigenvalue weighted by molar-refractivity contribution is 5.93. The molecule has 7 nitrogen and oxygen atoms in total. The number of hydrogen-bond donors (Lipinski definition) is 1. The molecule has 2 aromatic rings. The number of nitro groups is 1. The molecule has 0 aliphatic heterocycles. The molecule has 0 spiro atoms. The number of carbonyl (C=O) groups excluding carboxylic acids is 2. The predicted octanol–water partition coefficient (Wildman–Crippen LogP) is 3.86.